The van der Waals surface area contributed by atoms with E-state index in [2.05, 4.69) is 33.9 Å². The summed E-state index contributed by atoms with van der Waals surface area (Å²) < 4.78 is 27.1. The predicted molar refractivity (Wildman–Crippen MR) is 110 cm³/mol. The number of nitro groups is 1. The van der Waals surface area contributed by atoms with Crippen molar-refractivity contribution in [1.29, 1.82) is 0 Å². The van der Waals surface area contributed by atoms with Gasteiger partial charge in [0, 0.05) is 31.8 Å². The van der Waals surface area contributed by atoms with Gasteiger partial charge in [0.2, 0.25) is 10.0 Å². The average Bonchev–Trinajstić information content (AvgIpc) is 2.67. The van der Waals surface area contributed by atoms with Crippen LogP contribution in [0.5, 0.6) is 0 Å². The Labute approximate surface area is 171 Å². The third-order valence-corrected chi connectivity index (χ3v) is 6.20. The van der Waals surface area contributed by atoms with Gasteiger partial charge < -0.3 is 0 Å². The van der Waals surface area contributed by atoms with Gasteiger partial charge in [-0.15, -0.1) is 12.4 Å². The lowest BCUT2D eigenvalue weighted by Gasteiger charge is -2.28. The van der Waals surface area contributed by atoms with Gasteiger partial charge in [-0.2, -0.15) is 0 Å². The molecule has 2 aromatic carbocycles. The monoisotopic (exact) mass is 425 g/mol. The molecule has 0 amide bonds. The molecule has 7 nitrogen and oxygen atoms in total. The van der Waals surface area contributed by atoms with Crippen LogP contribution in [0.1, 0.15) is 24.0 Å². The Hall–Kier alpha value is -2.00. The van der Waals surface area contributed by atoms with Crippen LogP contribution in [-0.4, -0.2) is 37.9 Å². The standard InChI is InChI=1S/C19H23N3O4S.ClH/c23-22(24)18-8-5-9-19(14-18)27(25,26)20-11-3-4-12-21-13-10-16-6-1-2-7-17(16)15-21;/h1-2,5-9,14,20H,3-4,10-13,15H2;1H. The molecule has 0 saturated heterocycles. The van der Waals surface area contributed by atoms with E-state index in [0.717, 1.165) is 38.5 Å². The Balaban J connectivity index is 0.00000280. The van der Waals surface area contributed by atoms with Crippen molar-refractivity contribution in [2.24, 2.45) is 0 Å². The normalized spacial score (nSPS) is 14.1. The minimum absolute atomic E-state index is 0. The third-order valence-electron chi connectivity index (χ3n) is 4.74. The van der Waals surface area contributed by atoms with Crippen molar-refractivity contribution >= 4 is 28.1 Å². The molecule has 0 aliphatic carbocycles. The van der Waals surface area contributed by atoms with Crippen LogP contribution in [0, 0.1) is 10.1 Å². The second-order valence-corrected chi connectivity index (χ2v) is 8.42. The summed E-state index contributed by atoms with van der Waals surface area (Å²) >= 11 is 0. The lowest BCUT2D eigenvalue weighted by Crippen LogP contribution is -2.32. The van der Waals surface area contributed by atoms with Crippen molar-refractivity contribution < 1.29 is 13.3 Å². The van der Waals surface area contributed by atoms with Crippen LogP contribution in [0.2, 0.25) is 0 Å². The fourth-order valence-electron chi connectivity index (χ4n) is 3.26. The number of nitro benzene ring substituents is 1. The van der Waals surface area contributed by atoms with E-state index in [1.807, 2.05) is 0 Å². The molecule has 0 spiro atoms. The zero-order valence-corrected chi connectivity index (χ0v) is 17.0. The fraction of sp³-hybridized carbons (Fsp3) is 0.368. The second kappa shape index (κ2) is 9.97. The highest BCUT2D eigenvalue weighted by atomic mass is 35.5. The molecule has 0 saturated carbocycles. The van der Waals surface area contributed by atoms with Gasteiger partial charge in [-0.1, -0.05) is 30.3 Å². The van der Waals surface area contributed by atoms with E-state index in [-0.39, 0.29) is 23.0 Å². The van der Waals surface area contributed by atoms with Gasteiger partial charge in [-0.3, -0.25) is 15.0 Å². The maximum Gasteiger partial charge on any atom is 0.270 e. The number of benzene rings is 2. The zero-order valence-electron chi connectivity index (χ0n) is 15.4. The highest BCUT2D eigenvalue weighted by Gasteiger charge is 2.18. The summed E-state index contributed by atoms with van der Waals surface area (Å²) in [5, 5.41) is 10.8. The van der Waals surface area contributed by atoms with Gasteiger partial charge >= 0.3 is 0 Å². The largest absolute Gasteiger partial charge is 0.299 e. The molecule has 3 rings (SSSR count). The molecular weight excluding hydrogens is 402 g/mol. The van der Waals surface area contributed by atoms with E-state index in [4.69, 9.17) is 0 Å². The molecule has 0 atom stereocenters. The summed E-state index contributed by atoms with van der Waals surface area (Å²) in [5.74, 6) is 0. The summed E-state index contributed by atoms with van der Waals surface area (Å²) in [5.41, 5.74) is 2.55. The minimum Gasteiger partial charge on any atom is -0.299 e. The van der Waals surface area contributed by atoms with E-state index in [0.29, 0.717) is 13.0 Å². The number of nitrogens with one attached hydrogen (secondary N) is 1. The number of non-ortho nitro benzene ring substituents is 1. The Kier molecular flexibility index (Phi) is 7.94. The molecular formula is C19H24ClN3O4S. The van der Waals surface area contributed by atoms with Crippen LogP contribution in [-0.2, 0) is 23.0 Å². The Morgan fingerprint density at radius 2 is 1.82 bits per heavy atom. The fourth-order valence-corrected chi connectivity index (χ4v) is 4.37. The maximum absolute atomic E-state index is 12.3. The van der Waals surface area contributed by atoms with Crippen molar-refractivity contribution in [1.82, 2.24) is 9.62 Å². The number of halogens is 1. The molecule has 0 aromatic heterocycles. The van der Waals surface area contributed by atoms with Gasteiger partial charge in [0.25, 0.3) is 5.69 Å². The predicted octanol–water partition coefficient (Wildman–Crippen LogP) is 3.13. The Morgan fingerprint density at radius 3 is 2.57 bits per heavy atom. The Morgan fingerprint density at radius 1 is 1.07 bits per heavy atom. The molecule has 0 fully saturated rings. The first kappa shape index (κ1) is 22.3. The molecule has 1 aliphatic rings. The van der Waals surface area contributed by atoms with Crippen molar-refractivity contribution in [2.75, 3.05) is 19.6 Å². The maximum atomic E-state index is 12.3. The topological polar surface area (TPSA) is 92.5 Å². The number of sulfonamides is 1. The zero-order chi connectivity index (χ0) is 19.3. The van der Waals surface area contributed by atoms with Crippen LogP contribution in [0.25, 0.3) is 0 Å². The van der Waals surface area contributed by atoms with E-state index < -0.39 is 14.9 Å². The first-order chi connectivity index (χ1) is 13.0. The number of hydrogen-bond donors (Lipinski definition) is 1. The molecule has 2 aromatic rings. The lowest BCUT2D eigenvalue weighted by molar-refractivity contribution is -0.385. The van der Waals surface area contributed by atoms with Crippen molar-refractivity contribution in [2.45, 2.75) is 30.7 Å². The van der Waals surface area contributed by atoms with E-state index in [1.165, 1.54) is 29.3 Å². The summed E-state index contributed by atoms with van der Waals surface area (Å²) in [6.45, 7) is 3.20. The first-order valence-corrected chi connectivity index (χ1v) is 10.5. The summed E-state index contributed by atoms with van der Waals surface area (Å²) in [4.78, 5) is 12.5. The van der Waals surface area contributed by atoms with Crippen molar-refractivity contribution in [3.05, 3.63) is 69.8 Å². The summed E-state index contributed by atoms with van der Waals surface area (Å²) in [6.07, 6.45) is 2.65. The van der Waals surface area contributed by atoms with Crippen molar-refractivity contribution in [3.63, 3.8) is 0 Å². The number of rotatable bonds is 8. The Bertz CT molecular complexity index is 921. The highest BCUT2D eigenvalue weighted by Crippen LogP contribution is 2.19. The van der Waals surface area contributed by atoms with Crippen LogP contribution < -0.4 is 4.72 Å². The molecule has 28 heavy (non-hydrogen) atoms. The molecule has 1 aliphatic heterocycles. The van der Waals surface area contributed by atoms with Crippen LogP contribution in [0.15, 0.2) is 53.4 Å². The number of hydrogen-bond acceptors (Lipinski definition) is 5. The van der Waals surface area contributed by atoms with Gasteiger partial charge in [0.05, 0.1) is 9.82 Å². The highest BCUT2D eigenvalue weighted by molar-refractivity contribution is 7.89. The number of nitrogens with zero attached hydrogens (tertiary/aromatic N) is 2. The minimum atomic E-state index is -3.73. The van der Waals surface area contributed by atoms with Crippen LogP contribution in [0.4, 0.5) is 5.69 Å². The first-order valence-electron chi connectivity index (χ1n) is 8.99. The third kappa shape index (κ3) is 5.75. The molecule has 9 heteroatoms. The van der Waals surface area contributed by atoms with E-state index in [9.17, 15) is 18.5 Å². The SMILES string of the molecule is Cl.O=[N+]([O-])c1cccc(S(=O)(=O)NCCCCN2CCc3ccccc3C2)c1. The van der Waals surface area contributed by atoms with E-state index >= 15 is 0 Å². The van der Waals surface area contributed by atoms with Crippen molar-refractivity contribution in [3.8, 4) is 0 Å². The second-order valence-electron chi connectivity index (χ2n) is 6.65. The molecule has 0 radical (unpaired) electrons. The lowest BCUT2D eigenvalue weighted by atomic mass is 10.00. The molecule has 1 heterocycles. The van der Waals surface area contributed by atoms with Gasteiger partial charge in [0.15, 0.2) is 0 Å². The molecule has 1 N–H and O–H groups in total. The van der Waals surface area contributed by atoms with Crippen LogP contribution in [0.3, 0.4) is 0 Å². The number of unbranched alkanes of at least 4 members (excludes halogenated alkanes) is 1. The van der Waals surface area contributed by atoms with Gasteiger partial charge in [-0.25, -0.2) is 13.1 Å². The smallest absolute Gasteiger partial charge is 0.270 e. The quantitative estimate of drug-likeness (QED) is 0.398. The van der Waals surface area contributed by atoms with Gasteiger partial charge in [-0.05, 0) is 43.0 Å². The van der Waals surface area contributed by atoms with E-state index in [1.54, 1.807) is 0 Å². The number of fused-ring (bicyclic) bond motifs is 1. The molecule has 0 bridgehead atoms. The molecule has 0 unspecified atom stereocenters. The molecule has 152 valence electrons. The van der Waals surface area contributed by atoms with Gasteiger partial charge in [0.1, 0.15) is 0 Å². The average molecular weight is 426 g/mol. The van der Waals surface area contributed by atoms with Crippen LogP contribution >= 0.6 is 12.4 Å². The summed E-state index contributed by atoms with van der Waals surface area (Å²) in [7, 11) is -3.73. The summed E-state index contributed by atoms with van der Waals surface area (Å²) in [6, 6.07) is 13.6.